The molecule has 0 aliphatic rings. The average Bonchev–Trinajstić information content (AvgIpc) is 2.79. The molecule has 0 amide bonds. The van der Waals surface area contributed by atoms with Crippen molar-refractivity contribution in [1.29, 1.82) is 0 Å². The number of unbranched alkanes of at least 4 members (excludes halogenated alkanes) is 1. The van der Waals surface area contributed by atoms with Crippen LogP contribution in [-0.4, -0.2) is 29.8 Å². The smallest absolute Gasteiger partial charge is 0.318 e. The van der Waals surface area contributed by atoms with Gasteiger partial charge in [0, 0.05) is 13.1 Å². The maximum absolute atomic E-state index is 5.62. The lowest BCUT2D eigenvalue weighted by Crippen LogP contribution is -2.24. The van der Waals surface area contributed by atoms with E-state index in [1.54, 1.807) is 0 Å². The second-order valence-corrected chi connectivity index (χ2v) is 4.09. The first kappa shape index (κ1) is 14.0. The summed E-state index contributed by atoms with van der Waals surface area (Å²) in [5.41, 5.74) is 0. The molecule has 5 heteroatoms. The van der Waals surface area contributed by atoms with Crippen molar-refractivity contribution >= 4 is 6.01 Å². The molecule has 0 aliphatic carbocycles. The third kappa shape index (κ3) is 4.73. The predicted octanol–water partition coefficient (Wildman–Crippen LogP) is 2.20. The van der Waals surface area contributed by atoms with E-state index in [0.717, 1.165) is 32.5 Å². The summed E-state index contributed by atoms with van der Waals surface area (Å²) < 4.78 is 5.62. The summed E-state index contributed by atoms with van der Waals surface area (Å²) in [6.45, 7) is 9.95. The highest BCUT2D eigenvalue weighted by Crippen LogP contribution is 2.12. The average molecular weight is 240 g/mol. The van der Waals surface area contributed by atoms with Crippen molar-refractivity contribution in [2.75, 3.05) is 24.5 Å². The summed E-state index contributed by atoms with van der Waals surface area (Å²) >= 11 is 0. The topological polar surface area (TPSA) is 54.2 Å². The van der Waals surface area contributed by atoms with E-state index in [1.165, 1.54) is 6.42 Å². The number of nitrogens with zero attached hydrogens (tertiary/aromatic N) is 3. The first-order chi connectivity index (χ1) is 8.31. The monoisotopic (exact) mass is 240 g/mol. The van der Waals surface area contributed by atoms with Gasteiger partial charge in [-0.05, 0) is 26.3 Å². The van der Waals surface area contributed by atoms with Crippen LogP contribution in [0.1, 0.15) is 45.9 Å². The quantitative estimate of drug-likeness (QED) is 0.671. The molecule has 0 radical (unpaired) electrons. The fourth-order valence-corrected chi connectivity index (χ4v) is 1.55. The minimum Gasteiger partial charge on any atom is -0.407 e. The summed E-state index contributed by atoms with van der Waals surface area (Å²) in [6, 6.07) is 0.647. The molecule has 1 aromatic heterocycles. The van der Waals surface area contributed by atoms with Gasteiger partial charge >= 0.3 is 6.01 Å². The van der Waals surface area contributed by atoms with Crippen LogP contribution < -0.4 is 10.2 Å². The Hall–Kier alpha value is -1.10. The van der Waals surface area contributed by atoms with Crippen molar-refractivity contribution in [3.63, 3.8) is 0 Å². The van der Waals surface area contributed by atoms with Crippen LogP contribution in [0, 0.1) is 0 Å². The summed E-state index contributed by atoms with van der Waals surface area (Å²) in [5.74, 6) is 0.670. The van der Waals surface area contributed by atoms with E-state index in [4.69, 9.17) is 4.42 Å². The third-order valence-corrected chi connectivity index (χ3v) is 2.59. The highest BCUT2D eigenvalue weighted by atomic mass is 16.4. The first-order valence-electron chi connectivity index (χ1n) is 6.59. The predicted molar refractivity (Wildman–Crippen MR) is 69.1 cm³/mol. The Labute approximate surface area is 104 Å². The molecule has 0 aliphatic heterocycles. The minimum absolute atomic E-state index is 0.647. The third-order valence-electron chi connectivity index (χ3n) is 2.59. The lowest BCUT2D eigenvalue weighted by Gasteiger charge is -2.16. The van der Waals surface area contributed by atoms with Crippen LogP contribution in [-0.2, 0) is 6.54 Å². The van der Waals surface area contributed by atoms with Crippen LogP contribution in [0.5, 0.6) is 0 Å². The molecule has 0 fully saturated rings. The van der Waals surface area contributed by atoms with E-state index in [1.807, 2.05) is 0 Å². The summed E-state index contributed by atoms with van der Waals surface area (Å²) in [6.07, 6.45) is 3.44. The zero-order valence-corrected chi connectivity index (χ0v) is 11.2. The number of aromatic nitrogens is 2. The van der Waals surface area contributed by atoms with Crippen LogP contribution in [0.4, 0.5) is 6.01 Å². The van der Waals surface area contributed by atoms with Gasteiger partial charge in [0.15, 0.2) is 0 Å². The fourth-order valence-electron chi connectivity index (χ4n) is 1.55. The first-order valence-corrected chi connectivity index (χ1v) is 6.59. The van der Waals surface area contributed by atoms with Gasteiger partial charge < -0.3 is 14.6 Å². The van der Waals surface area contributed by atoms with Crippen molar-refractivity contribution in [3.8, 4) is 0 Å². The molecule has 0 saturated carbocycles. The molecule has 0 unspecified atom stereocenters. The molecule has 1 aromatic rings. The molecule has 1 N–H and O–H groups in total. The SMILES string of the molecule is CCCCN(CC)c1nnc(CNCCC)o1. The van der Waals surface area contributed by atoms with Crippen molar-refractivity contribution in [2.24, 2.45) is 0 Å². The van der Waals surface area contributed by atoms with Gasteiger partial charge in [0.25, 0.3) is 0 Å². The van der Waals surface area contributed by atoms with Crippen molar-refractivity contribution in [2.45, 2.75) is 46.6 Å². The Morgan fingerprint density at radius 2 is 2.00 bits per heavy atom. The molecule has 0 bridgehead atoms. The van der Waals surface area contributed by atoms with Crippen LogP contribution in [0.3, 0.4) is 0 Å². The normalized spacial score (nSPS) is 10.8. The van der Waals surface area contributed by atoms with Crippen molar-refractivity contribution < 1.29 is 4.42 Å². The van der Waals surface area contributed by atoms with Crippen LogP contribution in [0.25, 0.3) is 0 Å². The molecular formula is C12H24N4O. The molecule has 98 valence electrons. The molecular weight excluding hydrogens is 216 g/mol. The highest BCUT2D eigenvalue weighted by Gasteiger charge is 2.11. The Bertz CT molecular complexity index is 300. The van der Waals surface area contributed by atoms with Gasteiger partial charge in [0.2, 0.25) is 5.89 Å². The molecule has 0 atom stereocenters. The van der Waals surface area contributed by atoms with Gasteiger partial charge in [-0.2, -0.15) is 0 Å². The van der Waals surface area contributed by atoms with E-state index in [9.17, 15) is 0 Å². The van der Waals surface area contributed by atoms with Crippen LogP contribution in [0.15, 0.2) is 4.42 Å². The maximum Gasteiger partial charge on any atom is 0.318 e. The lowest BCUT2D eigenvalue weighted by molar-refractivity contribution is 0.460. The molecule has 1 rings (SSSR count). The molecule has 0 saturated heterocycles. The number of hydrogen-bond acceptors (Lipinski definition) is 5. The molecule has 1 heterocycles. The number of anilines is 1. The fraction of sp³-hybridized carbons (Fsp3) is 0.833. The van der Waals surface area contributed by atoms with Gasteiger partial charge in [0.05, 0.1) is 6.54 Å². The standard InChI is InChI=1S/C12H24N4O/c1-4-7-9-16(6-3)12-15-14-11(17-12)10-13-8-5-2/h13H,4-10H2,1-3H3. The van der Waals surface area contributed by atoms with Crippen LogP contribution >= 0.6 is 0 Å². The number of hydrogen-bond donors (Lipinski definition) is 1. The Kier molecular flexibility index (Phi) is 6.62. The van der Waals surface area contributed by atoms with Gasteiger partial charge in [-0.25, -0.2) is 0 Å². The summed E-state index contributed by atoms with van der Waals surface area (Å²) in [4.78, 5) is 2.12. The molecule has 0 aromatic carbocycles. The van der Waals surface area contributed by atoms with E-state index < -0.39 is 0 Å². The van der Waals surface area contributed by atoms with E-state index in [2.05, 4.69) is 41.2 Å². The lowest BCUT2D eigenvalue weighted by atomic mass is 10.3. The van der Waals surface area contributed by atoms with E-state index in [0.29, 0.717) is 18.5 Å². The number of rotatable bonds is 9. The maximum atomic E-state index is 5.62. The second kappa shape index (κ2) is 8.06. The summed E-state index contributed by atoms with van der Waals surface area (Å²) in [7, 11) is 0. The number of nitrogens with one attached hydrogen (secondary N) is 1. The summed E-state index contributed by atoms with van der Waals surface area (Å²) in [5, 5.41) is 11.4. The zero-order chi connectivity index (χ0) is 12.5. The Balaban J connectivity index is 2.46. The second-order valence-electron chi connectivity index (χ2n) is 4.09. The van der Waals surface area contributed by atoms with Gasteiger partial charge in [-0.3, -0.25) is 0 Å². The van der Waals surface area contributed by atoms with Gasteiger partial charge in [-0.1, -0.05) is 25.4 Å². The Morgan fingerprint density at radius 1 is 1.18 bits per heavy atom. The highest BCUT2D eigenvalue weighted by molar-refractivity contribution is 5.23. The van der Waals surface area contributed by atoms with E-state index in [-0.39, 0.29) is 0 Å². The van der Waals surface area contributed by atoms with Gasteiger partial charge in [0.1, 0.15) is 0 Å². The molecule has 0 spiro atoms. The van der Waals surface area contributed by atoms with E-state index >= 15 is 0 Å². The van der Waals surface area contributed by atoms with Crippen molar-refractivity contribution in [1.82, 2.24) is 15.5 Å². The Morgan fingerprint density at radius 3 is 2.65 bits per heavy atom. The largest absolute Gasteiger partial charge is 0.407 e. The molecule has 5 nitrogen and oxygen atoms in total. The van der Waals surface area contributed by atoms with Gasteiger partial charge in [-0.15, -0.1) is 5.10 Å². The molecule has 17 heavy (non-hydrogen) atoms. The van der Waals surface area contributed by atoms with Crippen LogP contribution in [0.2, 0.25) is 0 Å². The zero-order valence-electron chi connectivity index (χ0n) is 11.2. The van der Waals surface area contributed by atoms with Crippen molar-refractivity contribution in [3.05, 3.63) is 5.89 Å². The minimum atomic E-state index is 0.647.